The minimum atomic E-state index is -0.393. The summed E-state index contributed by atoms with van der Waals surface area (Å²) in [4.78, 5) is 23.9. The number of anilines is 2. The number of benzene rings is 2. The van der Waals surface area contributed by atoms with Crippen LogP contribution in [-0.2, 0) is 4.79 Å². The average molecular weight is 436 g/mol. The zero-order chi connectivity index (χ0) is 19.1. The first-order chi connectivity index (χ1) is 12.4. The Labute approximate surface area is 165 Å². The van der Waals surface area contributed by atoms with Crippen molar-refractivity contribution in [3.63, 3.8) is 0 Å². The molecule has 2 aromatic carbocycles. The molecule has 2 rings (SSSR count). The summed E-state index contributed by atoms with van der Waals surface area (Å²) in [7, 11) is 1.49. The molecule has 2 amide bonds. The number of thiocarbonyl (C=S) groups is 1. The van der Waals surface area contributed by atoms with Crippen LogP contribution in [0.3, 0.4) is 0 Å². The van der Waals surface area contributed by atoms with Crippen molar-refractivity contribution in [2.24, 2.45) is 0 Å². The van der Waals surface area contributed by atoms with Crippen molar-refractivity contribution in [3.8, 4) is 5.75 Å². The minimum Gasteiger partial charge on any atom is -0.496 e. The number of carbonyl (C=O) groups excluding carboxylic acids is 2. The molecule has 0 radical (unpaired) electrons. The Kier molecular flexibility index (Phi) is 7.11. The lowest BCUT2D eigenvalue weighted by atomic mass is 10.2. The van der Waals surface area contributed by atoms with Crippen molar-refractivity contribution >= 4 is 56.4 Å². The first kappa shape index (κ1) is 19.9. The molecule has 0 bridgehead atoms. The lowest BCUT2D eigenvalue weighted by molar-refractivity contribution is -0.115. The van der Waals surface area contributed by atoms with E-state index in [-0.39, 0.29) is 11.0 Å². The summed E-state index contributed by atoms with van der Waals surface area (Å²) in [6, 6.07) is 12.2. The van der Waals surface area contributed by atoms with Gasteiger partial charge in [-0.1, -0.05) is 28.9 Å². The van der Waals surface area contributed by atoms with E-state index < -0.39 is 5.91 Å². The fraction of sp³-hybridized carbons (Fsp3) is 0.167. The normalized spacial score (nSPS) is 9.96. The molecular weight excluding hydrogens is 418 g/mol. The highest BCUT2D eigenvalue weighted by atomic mass is 79.9. The maximum atomic E-state index is 12.4. The van der Waals surface area contributed by atoms with Gasteiger partial charge in [0.1, 0.15) is 5.75 Å². The Balaban J connectivity index is 2.05. The Morgan fingerprint density at radius 3 is 2.46 bits per heavy atom. The number of hydrogen-bond donors (Lipinski definition) is 3. The number of halogens is 1. The van der Waals surface area contributed by atoms with Gasteiger partial charge in [0.25, 0.3) is 5.91 Å². The molecule has 6 nitrogen and oxygen atoms in total. The van der Waals surface area contributed by atoms with Gasteiger partial charge in [0.05, 0.1) is 12.7 Å². The third kappa shape index (κ3) is 5.53. The maximum Gasteiger partial charge on any atom is 0.261 e. The number of amides is 2. The summed E-state index contributed by atoms with van der Waals surface area (Å²) in [5.74, 6) is -0.0337. The van der Waals surface area contributed by atoms with Crippen molar-refractivity contribution in [2.45, 2.75) is 13.3 Å². The minimum absolute atomic E-state index is 0.0835. The molecule has 0 atom stereocenters. The maximum absolute atomic E-state index is 12.4. The molecule has 0 aromatic heterocycles. The van der Waals surface area contributed by atoms with Gasteiger partial charge in [-0.05, 0) is 48.6 Å². The largest absolute Gasteiger partial charge is 0.496 e. The van der Waals surface area contributed by atoms with E-state index in [1.807, 2.05) is 0 Å². The van der Waals surface area contributed by atoms with Crippen molar-refractivity contribution in [1.82, 2.24) is 5.32 Å². The van der Waals surface area contributed by atoms with E-state index in [9.17, 15) is 9.59 Å². The second kappa shape index (κ2) is 9.30. The van der Waals surface area contributed by atoms with Crippen LogP contribution in [-0.4, -0.2) is 24.0 Å². The molecule has 0 unspecified atom stereocenters. The quantitative estimate of drug-likeness (QED) is 0.619. The standard InChI is InChI=1S/C18H18BrN3O3S/c1-3-16(23)20-12-5-4-6-13(10-12)21-18(26)22-17(24)14-9-11(19)7-8-15(14)25-2/h4-10H,3H2,1-2H3,(H,20,23)(H2,21,22,24,26). The highest BCUT2D eigenvalue weighted by Crippen LogP contribution is 2.23. The van der Waals surface area contributed by atoms with Gasteiger partial charge in [-0.15, -0.1) is 0 Å². The third-order valence-electron chi connectivity index (χ3n) is 3.36. The molecule has 0 spiro atoms. The van der Waals surface area contributed by atoms with Gasteiger partial charge >= 0.3 is 0 Å². The van der Waals surface area contributed by atoms with Crippen LogP contribution >= 0.6 is 28.1 Å². The van der Waals surface area contributed by atoms with Crippen LogP contribution < -0.4 is 20.7 Å². The summed E-state index contributed by atoms with van der Waals surface area (Å²) in [6.45, 7) is 1.78. The lowest BCUT2D eigenvalue weighted by Gasteiger charge is -2.13. The lowest BCUT2D eigenvalue weighted by Crippen LogP contribution is -2.34. The summed E-state index contributed by atoms with van der Waals surface area (Å²) in [6.07, 6.45) is 0.389. The second-order valence-corrected chi connectivity index (χ2v) is 6.56. The van der Waals surface area contributed by atoms with Crippen LogP contribution in [0, 0.1) is 0 Å². The summed E-state index contributed by atoms with van der Waals surface area (Å²) in [5, 5.41) is 8.43. The van der Waals surface area contributed by atoms with E-state index in [2.05, 4.69) is 31.9 Å². The number of hydrogen-bond acceptors (Lipinski definition) is 4. The molecule has 0 fully saturated rings. The molecule has 8 heteroatoms. The van der Waals surface area contributed by atoms with Crippen molar-refractivity contribution in [1.29, 1.82) is 0 Å². The van der Waals surface area contributed by atoms with Gasteiger partial charge in [-0.25, -0.2) is 0 Å². The van der Waals surface area contributed by atoms with E-state index >= 15 is 0 Å². The average Bonchev–Trinajstić information content (AvgIpc) is 2.61. The molecular formula is C18H18BrN3O3S. The van der Waals surface area contributed by atoms with Crippen molar-refractivity contribution in [2.75, 3.05) is 17.7 Å². The van der Waals surface area contributed by atoms with Gasteiger partial charge in [-0.3, -0.25) is 14.9 Å². The van der Waals surface area contributed by atoms with Crippen molar-refractivity contribution in [3.05, 3.63) is 52.5 Å². The van der Waals surface area contributed by atoms with E-state index in [0.29, 0.717) is 29.1 Å². The molecule has 0 aliphatic rings. The topological polar surface area (TPSA) is 79.5 Å². The molecule has 136 valence electrons. The van der Waals surface area contributed by atoms with Crippen LogP contribution in [0.4, 0.5) is 11.4 Å². The first-order valence-electron chi connectivity index (χ1n) is 7.78. The molecule has 3 N–H and O–H groups in total. The Morgan fingerprint density at radius 1 is 1.12 bits per heavy atom. The number of methoxy groups -OCH3 is 1. The predicted molar refractivity (Wildman–Crippen MR) is 110 cm³/mol. The van der Waals surface area contributed by atoms with Crippen LogP contribution in [0.2, 0.25) is 0 Å². The van der Waals surface area contributed by atoms with Crippen molar-refractivity contribution < 1.29 is 14.3 Å². The Bertz CT molecular complexity index is 842. The zero-order valence-corrected chi connectivity index (χ0v) is 16.7. The van der Waals surface area contributed by atoms with Crippen LogP contribution in [0.25, 0.3) is 0 Å². The van der Waals surface area contributed by atoms with E-state index in [0.717, 1.165) is 4.47 Å². The molecule has 2 aromatic rings. The fourth-order valence-corrected chi connectivity index (χ4v) is 2.69. The van der Waals surface area contributed by atoms with Crippen LogP contribution in [0.15, 0.2) is 46.9 Å². The number of nitrogens with one attached hydrogen (secondary N) is 3. The van der Waals surface area contributed by atoms with Gasteiger partial charge in [0.2, 0.25) is 5.91 Å². The summed E-state index contributed by atoms with van der Waals surface area (Å²) >= 11 is 8.52. The third-order valence-corrected chi connectivity index (χ3v) is 4.06. The smallest absolute Gasteiger partial charge is 0.261 e. The molecule has 0 saturated heterocycles. The zero-order valence-electron chi connectivity index (χ0n) is 14.3. The van der Waals surface area contributed by atoms with E-state index in [1.54, 1.807) is 49.4 Å². The Hall–Kier alpha value is -2.45. The van der Waals surface area contributed by atoms with E-state index in [4.69, 9.17) is 17.0 Å². The number of ether oxygens (including phenoxy) is 1. The number of rotatable bonds is 5. The molecule has 0 aliphatic carbocycles. The molecule has 0 aliphatic heterocycles. The number of carbonyl (C=O) groups is 2. The van der Waals surface area contributed by atoms with Crippen LogP contribution in [0.1, 0.15) is 23.7 Å². The summed E-state index contributed by atoms with van der Waals surface area (Å²) in [5.41, 5.74) is 1.64. The van der Waals surface area contributed by atoms with Gasteiger partial charge in [0.15, 0.2) is 5.11 Å². The van der Waals surface area contributed by atoms with Gasteiger partial charge in [-0.2, -0.15) is 0 Å². The molecule has 26 heavy (non-hydrogen) atoms. The van der Waals surface area contributed by atoms with Gasteiger partial charge < -0.3 is 15.4 Å². The molecule has 0 saturated carbocycles. The Morgan fingerprint density at radius 2 is 1.81 bits per heavy atom. The second-order valence-electron chi connectivity index (χ2n) is 5.24. The highest BCUT2D eigenvalue weighted by molar-refractivity contribution is 9.10. The van der Waals surface area contributed by atoms with Crippen LogP contribution in [0.5, 0.6) is 5.75 Å². The highest BCUT2D eigenvalue weighted by Gasteiger charge is 2.14. The first-order valence-corrected chi connectivity index (χ1v) is 8.99. The predicted octanol–water partition coefficient (Wildman–Crippen LogP) is 3.93. The molecule has 0 heterocycles. The fourth-order valence-electron chi connectivity index (χ4n) is 2.11. The van der Waals surface area contributed by atoms with Gasteiger partial charge in [0, 0.05) is 22.3 Å². The summed E-state index contributed by atoms with van der Waals surface area (Å²) < 4.78 is 5.95. The SMILES string of the molecule is CCC(=O)Nc1cccc(NC(=S)NC(=O)c2cc(Br)ccc2OC)c1. The monoisotopic (exact) mass is 435 g/mol. The van der Waals surface area contributed by atoms with E-state index in [1.165, 1.54) is 7.11 Å².